The van der Waals surface area contributed by atoms with Crippen LogP contribution in [0.15, 0.2) is 91.0 Å². The minimum Gasteiger partial charge on any atom is -0.504 e. The van der Waals surface area contributed by atoms with Crippen LogP contribution in [-0.4, -0.2) is 181 Å². The Labute approximate surface area is 676 Å². The van der Waals surface area contributed by atoms with Crippen molar-refractivity contribution in [3.8, 4) is 57.5 Å². The minimum absolute atomic E-state index is 0. The number of methoxy groups -OCH3 is 4. The molecule has 0 aliphatic carbocycles. The third kappa shape index (κ3) is 47.5. The maximum Gasteiger partial charge on any atom is 0.328 e. The average molecular weight is 1650 g/mol. The first-order chi connectivity index (χ1) is 52.7. The van der Waals surface area contributed by atoms with Gasteiger partial charge in [0.25, 0.3) is 0 Å². The van der Waals surface area contributed by atoms with Gasteiger partial charge in [0.1, 0.15) is 35.8 Å². The van der Waals surface area contributed by atoms with Gasteiger partial charge in [-0.15, -0.1) is 24.8 Å². The van der Waals surface area contributed by atoms with Crippen LogP contribution in [0, 0.1) is 0 Å². The normalized spacial score (nSPS) is 11.5. The van der Waals surface area contributed by atoms with Gasteiger partial charge in [-0.05, 0) is 167 Å². The molecular formula is C79H115Cl2N5O28. The number of nitrogens with one attached hydrogen (secondary N) is 2. The average Bonchev–Trinajstić information content (AvgIpc) is 0.851. The number of carbonyl (C=O) groups is 11. The van der Waals surface area contributed by atoms with E-state index in [0.29, 0.717) is 66.3 Å². The Morgan fingerprint density at radius 2 is 0.667 bits per heavy atom. The van der Waals surface area contributed by atoms with Crippen molar-refractivity contribution in [2.24, 2.45) is 17.2 Å². The fourth-order valence-electron chi connectivity index (χ4n) is 9.23. The molecule has 0 radical (unpaired) electrons. The number of hydrogen-bond acceptors (Lipinski definition) is 29. The first-order valence-electron chi connectivity index (χ1n) is 36.1. The van der Waals surface area contributed by atoms with Gasteiger partial charge in [0.15, 0.2) is 57.5 Å². The first-order valence-corrected chi connectivity index (χ1v) is 36.1. The van der Waals surface area contributed by atoms with Gasteiger partial charge in [0.2, 0.25) is 11.8 Å². The molecule has 2 amide bonds. The highest BCUT2D eigenvalue weighted by molar-refractivity contribution is 5.86. The van der Waals surface area contributed by atoms with Crippen molar-refractivity contribution in [2.45, 2.75) is 219 Å². The van der Waals surface area contributed by atoms with Crippen LogP contribution in [0.5, 0.6) is 57.5 Å². The molecule has 0 unspecified atom stereocenters. The third-order valence-electron chi connectivity index (χ3n) is 15.3. The van der Waals surface area contributed by atoms with E-state index in [9.17, 15) is 73.2 Å². The molecule has 5 aromatic carbocycles. The lowest BCUT2D eigenvalue weighted by molar-refractivity contribution is -0.155. The summed E-state index contributed by atoms with van der Waals surface area (Å²) in [4.78, 5) is 125. The van der Waals surface area contributed by atoms with Crippen LogP contribution in [0.25, 0.3) is 0 Å². The maximum atomic E-state index is 12.0. The quantitative estimate of drug-likeness (QED) is 0.00585. The Bertz CT molecular complexity index is 3730. The smallest absolute Gasteiger partial charge is 0.328 e. The lowest BCUT2D eigenvalue weighted by atomic mass is 10.0. The Hall–Kier alpha value is -10.9. The van der Waals surface area contributed by atoms with E-state index in [1.54, 1.807) is 24.3 Å². The predicted octanol–water partition coefficient (Wildman–Crippen LogP) is 8.91. The summed E-state index contributed by atoms with van der Waals surface area (Å²) in [6.45, 7) is 13.3. The highest BCUT2D eigenvalue weighted by Crippen LogP contribution is 2.31. The number of carbonyl (C=O) groups excluding carboxylic acids is 9. The number of halogens is 2. The van der Waals surface area contributed by atoms with Crippen molar-refractivity contribution in [3.05, 3.63) is 119 Å². The summed E-state index contributed by atoms with van der Waals surface area (Å²) in [5, 5.41) is 96.8. The number of carboxylic acid groups (broad SMARTS) is 2. The van der Waals surface area contributed by atoms with Crippen molar-refractivity contribution in [1.82, 2.24) is 10.6 Å². The SMILES string of the molecule is CC(C)(C)OC(=O)CCCCC(=O)O.CCCCC(=O)N[C@@H](Cc1ccc(O)c(OC(=O)CCCC)c1)C(=O)OC.CCCCC(=O)N[C@@H](Cc1ccc(OC(=O)CCCC)c(O)c1)C(=O)OC.COC(=O)[C@@H](N)Cc1ccc(O)c(O)c1.COC(=O)[C@@H](N)Cc1ccc(O)c(O)c1.Cl.Cl.N[C@@H](Cc1ccc(O)c(O)c1)C(=O)O. The molecule has 5 atom stereocenters. The summed E-state index contributed by atoms with van der Waals surface area (Å²) in [5.74, 6) is -7.25. The summed E-state index contributed by atoms with van der Waals surface area (Å²) in [6, 6.07) is 17.4. The van der Waals surface area contributed by atoms with Crippen LogP contribution in [0.1, 0.15) is 179 Å². The molecule has 35 heteroatoms. The second-order valence-corrected chi connectivity index (χ2v) is 26.1. The summed E-state index contributed by atoms with van der Waals surface area (Å²) in [6.07, 6.45) is 10.0. The number of phenols is 8. The highest BCUT2D eigenvalue weighted by Gasteiger charge is 2.26. The molecule has 0 aliphatic rings. The molecule has 0 spiro atoms. The van der Waals surface area contributed by atoms with E-state index >= 15 is 0 Å². The van der Waals surface area contributed by atoms with Crippen LogP contribution in [0.2, 0.25) is 0 Å². The number of phenolic OH excluding ortho intramolecular Hbond substituents is 8. The fourth-order valence-corrected chi connectivity index (χ4v) is 9.23. The molecule has 0 heterocycles. The third-order valence-corrected chi connectivity index (χ3v) is 15.3. The molecule has 0 aromatic heterocycles. The van der Waals surface area contributed by atoms with Gasteiger partial charge in [0, 0.05) is 51.4 Å². The molecule has 0 fully saturated rings. The predicted molar refractivity (Wildman–Crippen MR) is 423 cm³/mol. The minimum atomic E-state index is -1.10. The Balaban J connectivity index is -0.00000133. The van der Waals surface area contributed by atoms with E-state index < -0.39 is 83.6 Å². The second-order valence-electron chi connectivity index (χ2n) is 26.1. The molecular weight excluding hydrogens is 1540 g/mol. The van der Waals surface area contributed by atoms with Gasteiger partial charge in [0.05, 0.1) is 28.4 Å². The van der Waals surface area contributed by atoms with Crippen molar-refractivity contribution < 1.29 is 137 Å². The lowest BCUT2D eigenvalue weighted by Crippen LogP contribution is -2.43. The van der Waals surface area contributed by atoms with Crippen LogP contribution in [0.4, 0.5) is 0 Å². The van der Waals surface area contributed by atoms with E-state index in [-0.39, 0.29) is 151 Å². The van der Waals surface area contributed by atoms with Crippen LogP contribution in [0.3, 0.4) is 0 Å². The number of rotatable bonds is 36. The number of amides is 2. The van der Waals surface area contributed by atoms with Gasteiger partial charge in [-0.25, -0.2) is 9.59 Å². The highest BCUT2D eigenvalue weighted by atomic mass is 35.5. The van der Waals surface area contributed by atoms with E-state index in [1.807, 2.05) is 48.5 Å². The number of ether oxygens (including phenoxy) is 7. The van der Waals surface area contributed by atoms with Crippen LogP contribution >= 0.6 is 24.8 Å². The molecule has 18 N–H and O–H groups in total. The topological polar surface area (TPSA) is 557 Å². The summed E-state index contributed by atoms with van der Waals surface area (Å²) in [7, 11) is 5.03. The zero-order valence-electron chi connectivity index (χ0n) is 66.3. The van der Waals surface area contributed by atoms with Crippen molar-refractivity contribution in [2.75, 3.05) is 28.4 Å². The molecule has 0 saturated carbocycles. The Morgan fingerprint density at radius 3 is 1.00 bits per heavy atom. The monoisotopic (exact) mass is 1650 g/mol. The van der Waals surface area contributed by atoms with Crippen LogP contribution < -0.4 is 37.3 Å². The van der Waals surface area contributed by atoms with E-state index in [1.165, 1.54) is 95.2 Å². The largest absolute Gasteiger partial charge is 0.504 e. The van der Waals surface area contributed by atoms with Crippen molar-refractivity contribution in [1.29, 1.82) is 0 Å². The molecule has 0 saturated heterocycles. The Kier molecular flexibility index (Phi) is 55.5. The summed E-state index contributed by atoms with van der Waals surface area (Å²) in [5.41, 5.74) is 19.0. The van der Waals surface area contributed by atoms with Gasteiger partial charge < -0.3 is 112 Å². The van der Waals surface area contributed by atoms with Crippen LogP contribution in [-0.2, 0) is 109 Å². The molecule has 5 rings (SSSR count). The molecule has 114 heavy (non-hydrogen) atoms. The number of aromatic hydroxyl groups is 8. The van der Waals surface area contributed by atoms with E-state index in [0.717, 1.165) is 44.9 Å². The number of esters is 7. The van der Waals surface area contributed by atoms with E-state index in [2.05, 4.69) is 20.1 Å². The summed E-state index contributed by atoms with van der Waals surface area (Å²) < 4.78 is 33.8. The van der Waals surface area contributed by atoms with Gasteiger partial charge in [-0.1, -0.05) is 83.7 Å². The molecule has 0 aliphatic heterocycles. The van der Waals surface area contributed by atoms with E-state index in [4.69, 9.17) is 71.5 Å². The van der Waals surface area contributed by atoms with Gasteiger partial charge in [-0.3, -0.25) is 43.2 Å². The number of unbranched alkanes of at least 4 members (excludes halogenated alkanes) is 5. The molecule has 0 bridgehead atoms. The number of benzene rings is 5. The molecule has 5 aromatic rings. The number of carboxylic acids is 2. The second kappa shape index (κ2) is 58.9. The van der Waals surface area contributed by atoms with Crippen molar-refractivity contribution in [3.63, 3.8) is 0 Å². The maximum absolute atomic E-state index is 12.0. The van der Waals surface area contributed by atoms with Crippen molar-refractivity contribution >= 4 is 90.4 Å². The summed E-state index contributed by atoms with van der Waals surface area (Å²) >= 11 is 0. The van der Waals surface area contributed by atoms with Gasteiger partial charge in [-0.2, -0.15) is 0 Å². The lowest BCUT2D eigenvalue weighted by Gasteiger charge is -2.19. The molecule has 33 nitrogen and oxygen atoms in total. The molecule has 638 valence electrons. The fraction of sp³-hybridized carbons (Fsp3) is 0.481. The number of hydrogen-bond donors (Lipinski definition) is 15. The number of nitrogens with two attached hydrogens (primary N) is 3. The standard InChI is InChI=1S/2C20H29NO6.2C10H13NO4.C10H18O4.C9H11NO4.2ClH/c1-4-6-8-18(23)21-15(20(25)26-3)12-14-10-11-17(16(22)13-14)27-19(24)9-7-5-2;1-4-6-8-18(23)21-15(20(25)26-3)12-14-10-11-16(22)17(13-14)27-19(24)9-7-5-2;2*1-15-10(14)7(11)4-6-2-3-8(12)9(13)5-6;1-10(2,3)14-9(13)7-5-4-6-8(11)12;10-6(9(13)14)3-5-1-2-7(11)8(12)4-5;;/h2*10-11,13,15,22H,4-9,12H2,1-3H3,(H,21,23);2*2-3,5,7,12-13H,4,11H2,1H3;4-7H2,1-3H3,(H,11,12);1-2,4,6,11-12H,3,10H2,(H,13,14);2*1H/t2*15-;2*7-;;6-;;/m0000.0../s1. The van der Waals surface area contributed by atoms with Gasteiger partial charge >= 0.3 is 53.7 Å². The Morgan fingerprint density at radius 1 is 0.360 bits per heavy atom. The zero-order chi connectivity index (χ0) is 85.2. The number of aliphatic carboxylic acids is 2. The zero-order valence-corrected chi connectivity index (χ0v) is 67.9. The first kappa shape index (κ1) is 107.